The first-order valence-electron chi connectivity index (χ1n) is 11.8. The Kier molecular flexibility index (Phi) is 7.85. The van der Waals surface area contributed by atoms with E-state index in [0.717, 1.165) is 48.2 Å². The lowest BCUT2D eigenvalue weighted by Crippen LogP contribution is -2.28. The van der Waals surface area contributed by atoms with E-state index in [1.165, 1.54) is 16.6 Å². The maximum Gasteiger partial charge on any atom is 0.235 e. The van der Waals surface area contributed by atoms with E-state index in [9.17, 15) is 10.1 Å². The van der Waals surface area contributed by atoms with Gasteiger partial charge < -0.3 is 5.32 Å². The number of halogens is 1. The highest BCUT2D eigenvalue weighted by Crippen LogP contribution is 2.45. The first-order chi connectivity index (χ1) is 16.7. The van der Waals surface area contributed by atoms with Gasteiger partial charge in [-0.3, -0.25) is 4.79 Å². The van der Waals surface area contributed by atoms with Gasteiger partial charge >= 0.3 is 0 Å². The number of nitriles is 1. The molecule has 0 saturated heterocycles. The van der Waals surface area contributed by atoms with Crippen molar-refractivity contribution in [2.24, 2.45) is 11.3 Å². The summed E-state index contributed by atoms with van der Waals surface area (Å²) in [4.78, 5) is 23.2. The lowest BCUT2D eigenvalue weighted by Gasteiger charge is -2.36. The van der Waals surface area contributed by atoms with Crippen LogP contribution in [0.2, 0.25) is 5.02 Å². The van der Waals surface area contributed by atoms with Crippen LogP contribution in [0.15, 0.2) is 35.5 Å². The van der Waals surface area contributed by atoms with Gasteiger partial charge in [-0.25, -0.2) is 9.97 Å². The Labute approximate surface area is 220 Å². The minimum absolute atomic E-state index is 0.159. The van der Waals surface area contributed by atoms with Crippen molar-refractivity contribution in [1.29, 1.82) is 5.26 Å². The number of amides is 1. The molecule has 2 aromatic heterocycles. The fraction of sp³-hybridized carbons (Fsp3) is 0.407. The van der Waals surface area contributed by atoms with Gasteiger partial charge in [-0.15, -0.1) is 11.3 Å². The van der Waals surface area contributed by atoms with Crippen LogP contribution in [0, 0.1) is 29.6 Å². The standard InChI is InChI=1S/C27H29ClN4OS2/c1-5-27(3,4)18-8-11-20-21(14-29)25(35-23(20)13-18)32-24(33)15-34-26-30-16(2)12-22(31-26)17-6-9-19(28)10-7-17/h6-7,9-10,12,18H,5,8,11,13,15H2,1-4H3,(H,32,33)/t18-/m0/s1. The second-order valence-electron chi connectivity index (χ2n) is 9.62. The molecule has 1 amide bonds. The summed E-state index contributed by atoms with van der Waals surface area (Å²) >= 11 is 8.86. The van der Waals surface area contributed by atoms with Gasteiger partial charge in [-0.2, -0.15) is 5.26 Å². The predicted octanol–water partition coefficient (Wildman–Crippen LogP) is 7.31. The van der Waals surface area contributed by atoms with Gasteiger partial charge in [0.05, 0.1) is 17.0 Å². The summed E-state index contributed by atoms with van der Waals surface area (Å²) in [5.41, 5.74) is 4.59. The number of fused-ring (bicyclic) bond motifs is 1. The van der Waals surface area contributed by atoms with Crippen molar-refractivity contribution in [3.8, 4) is 17.3 Å². The molecule has 0 fully saturated rings. The number of anilines is 1. The van der Waals surface area contributed by atoms with Crippen LogP contribution in [0.1, 0.15) is 55.3 Å². The van der Waals surface area contributed by atoms with E-state index in [2.05, 4.69) is 42.1 Å². The zero-order valence-electron chi connectivity index (χ0n) is 20.4. The largest absolute Gasteiger partial charge is 0.316 e. The fourth-order valence-corrected chi connectivity index (χ4v) is 6.54. The van der Waals surface area contributed by atoms with Crippen molar-refractivity contribution in [2.75, 3.05) is 11.1 Å². The van der Waals surface area contributed by atoms with E-state index in [1.807, 2.05) is 37.3 Å². The molecule has 0 unspecified atom stereocenters. The van der Waals surface area contributed by atoms with Crippen LogP contribution in [-0.4, -0.2) is 21.6 Å². The number of carbonyl (C=O) groups is 1. The van der Waals surface area contributed by atoms with Gasteiger partial charge in [0.15, 0.2) is 5.16 Å². The van der Waals surface area contributed by atoms with Gasteiger partial charge in [0.2, 0.25) is 5.91 Å². The van der Waals surface area contributed by atoms with Crippen molar-refractivity contribution in [3.63, 3.8) is 0 Å². The predicted molar refractivity (Wildman–Crippen MR) is 145 cm³/mol. The average molecular weight is 525 g/mol. The number of hydrogen-bond donors (Lipinski definition) is 1. The monoisotopic (exact) mass is 524 g/mol. The molecule has 0 aliphatic heterocycles. The normalized spacial score (nSPS) is 15.4. The molecule has 0 spiro atoms. The Bertz CT molecular complexity index is 1280. The summed E-state index contributed by atoms with van der Waals surface area (Å²) in [7, 11) is 0. The van der Waals surface area contributed by atoms with Gasteiger partial charge in [-0.1, -0.05) is 62.7 Å². The third kappa shape index (κ3) is 5.88. The third-order valence-corrected chi connectivity index (χ3v) is 9.22. The van der Waals surface area contributed by atoms with Crippen molar-refractivity contribution < 1.29 is 4.79 Å². The van der Waals surface area contributed by atoms with Crippen molar-refractivity contribution in [2.45, 2.75) is 58.5 Å². The summed E-state index contributed by atoms with van der Waals surface area (Å²) < 4.78 is 0. The molecule has 1 aliphatic rings. The summed E-state index contributed by atoms with van der Waals surface area (Å²) in [6, 6.07) is 11.7. The first-order valence-corrected chi connectivity index (χ1v) is 14.0. The highest BCUT2D eigenvalue weighted by Gasteiger charge is 2.34. The Morgan fingerprint density at radius 2 is 2.06 bits per heavy atom. The van der Waals surface area contributed by atoms with E-state index < -0.39 is 0 Å². The minimum atomic E-state index is -0.159. The molecule has 8 heteroatoms. The second kappa shape index (κ2) is 10.7. The Morgan fingerprint density at radius 3 is 2.74 bits per heavy atom. The van der Waals surface area contributed by atoms with E-state index in [1.54, 1.807) is 11.3 Å². The molecule has 5 nitrogen and oxygen atoms in total. The molecule has 1 aliphatic carbocycles. The number of rotatable bonds is 7. The Morgan fingerprint density at radius 1 is 1.31 bits per heavy atom. The quantitative estimate of drug-likeness (QED) is 0.259. The zero-order valence-corrected chi connectivity index (χ0v) is 22.8. The molecule has 3 aromatic rings. The number of thioether (sulfide) groups is 1. The molecule has 4 rings (SSSR count). The summed E-state index contributed by atoms with van der Waals surface area (Å²) in [6.07, 6.45) is 4.09. The van der Waals surface area contributed by atoms with Crippen LogP contribution in [0.3, 0.4) is 0 Å². The molecule has 0 saturated carbocycles. The van der Waals surface area contributed by atoms with Crippen LogP contribution < -0.4 is 5.32 Å². The third-order valence-electron chi connectivity index (χ3n) is 6.95. The van der Waals surface area contributed by atoms with Crippen molar-refractivity contribution >= 4 is 45.6 Å². The number of aromatic nitrogens is 2. The molecular weight excluding hydrogens is 496 g/mol. The molecule has 0 bridgehead atoms. The summed E-state index contributed by atoms with van der Waals surface area (Å²) in [5, 5.41) is 14.7. The number of hydrogen-bond acceptors (Lipinski definition) is 6. The molecule has 182 valence electrons. The van der Waals surface area contributed by atoms with E-state index in [4.69, 9.17) is 11.6 Å². The van der Waals surface area contributed by atoms with E-state index in [-0.39, 0.29) is 17.1 Å². The Hall–Kier alpha value is -2.40. The lowest BCUT2D eigenvalue weighted by atomic mass is 9.69. The smallest absolute Gasteiger partial charge is 0.235 e. The average Bonchev–Trinajstić information content (AvgIpc) is 3.18. The highest BCUT2D eigenvalue weighted by molar-refractivity contribution is 7.99. The topological polar surface area (TPSA) is 78.7 Å². The fourth-order valence-electron chi connectivity index (χ4n) is 4.42. The van der Waals surface area contributed by atoms with Crippen LogP contribution in [0.5, 0.6) is 0 Å². The number of aryl methyl sites for hydroxylation is 1. The second-order valence-corrected chi connectivity index (χ2v) is 12.1. The van der Waals surface area contributed by atoms with Gasteiger partial charge in [-0.05, 0) is 61.3 Å². The van der Waals surface area contributed by atoms with Crippen molar-refractivity contribution in [3.05, 3.63) is 57.1 Å². The Balaban J connectivity index is 1.45. The molecular formula is C27H29ClN4OS2. The van der Waals surface area contributed by atoms with E-state index in [0.29, 0.717) is 26.7 Å². The molecule has 2 heterocycles. The maximum absolute atomic E-state index is 12.8. The first kappa shape index (κ1) is 25.7. The molecule has 1 atom stereocenters. The molecule has 0 radical (unpaired) electrons. The van der Waals surface area contributed by atoms with Crippen LogP contribution >= 0.6 is 34.7 Å². The van der Waals surface area contributed by atoms with Gasteiger partial charge in [0.1, 0.15) is 11.1 Å². The molecule has 35 heavy (non-hydrogen) atoms. The number of thiophene rings is 1. The number of benzene rings is 1. The van der Waals surface area contributed by atoms with E-state index >= 15 is 0 Å². The summed E-state index contributed by atoms with van der Waals surface area (Å²) in [6.45, 7) is 8.80. The minimum Gasteiger partial charge on any atom is -0.316 e. The maximum atomic E-state index is 12.8. The zero-order chi connectivity index (χ0) is 25.2. The molecule has 1 N–H and O–H groups in total. The summed E-state index contributed by atoms with van der Waals surface area (Å²) in [5.74, 6) is 0.605. The van der Waals surface area contributed by atoms with Gasteiger partial charge in [0.25, 0.3) is 0 Å². The van der Waals surface area contributed by atoms with Gasteiger partial charge in [0, 0.05) is 21.2 Å². The lowest BCUT2D eigenvalue weighted by molar-refractivity contribution is -0.113. The SMILES string of the molecule is CCC(C)(C)[C@H]1CCc2c(sc(NC(=O)CSc3nc(C)cc(-c4ccc(Cl)cc4)n3)c2C#N)C1. The van der Waals surface area contributed by atoms with Crippen LogP contribution in [0.25, 0.3) is 11.3 Å². The molecule has 1 aromatic carbocycles. The number of nitrogens with one attached hydrogen (secondary N) is 1. The van der Waals surface area contributed by atoms with Crippen molar-refractivity contribution in [1.82, 2.24) is 9.97 Å². The number of nitrogens with zero attached hydrogens (tertiary/aromatic N) is 3. The number of carbonyl (C=O) groups excluding carboxylic acids is 1. The van der Waals surface area contributed by atoms with Crippen LogP contribution in [-0.2, 0) is 17.6 Å². The highest BCUT2D eigenvalue weighted by atomic mass is 35.5. The van der Waals surface area contributed by atoms with Crippen LogP contribution in [0.4, 0.5) is 5.00 Å².